The van der Waals surface area contributed by atoms with Crippen LogP contribution in [0.5, 0.6) is 0 Å². The highest BCUT2D eigenvalue weighted by atomic mass is 32.2. The van der Waals surface area contributed by atoms with E-state index in [0.717, 1.165) is 16.0 Å². The van der Waals surface area contributed by atoms with Gasteiger partial charge in [0, 0.05) is 21.8 Å². The third kappa shape index (κ3) is 8.67. The molecule has 0 saturated carbocycles. The van der Waals surface area contributed by atoms with Crippen LogP contribution < -0.4 is 16.0 Å². The van der Waals surface area contributed by atoms with E-state index in [1.54, 1.807) is 67.6 Å². The third-order valence-electron chi connectivity index (χ3n) is 6.42. The first-order valence-corrected chi connectivity index (χ1v) is 14.5. The zero-order valence-corrected chi connectivity index (χ0v) is 24.5. The number of rotatable bonds is 11. The molecule has 0 heterocycles. The van der Waals surface area contributed by atoms with Crippen LogP contribution in [0.2, 0.25) is 0 Å². The molecule has 4 N–H and O–H groups in total. The number of aryl methyl sites for hydroxylation is 1. The smallest absolute Gasteiger partial charge is 0.335 e. The number of carbonyl (C=O) groups is 4. The molecule has 43 heavy (non-hydrogen) atoms. The van der Waals surface area contributed by atoms with Gasteiger partial charge in [-0.2, -0.15) is 0 Å². The van der Waals surface area contributed by atoms with Crippen molar-refractivity contribution in [2.45, 2.75) is 30.4 Å². The minimum atomic E-state index is -1.07. The molecule has 1 atom stereocenters. The molecule has 4 aromatic carbocycles. The molecule has 3 amide bonds. The lowest BCUT2D eigenvalue weighted by Gasteiger charge is -2.17. The number of thioether (sulfide) groups is 1. The molecule has 0 aliphatic rings. The molecule has 0 saturated heterocycles. The maximum atomic E-state index is 13.4. The van der Waals surface area contributed by atoms with Gasteiger partial charge in [0.2, 0.25) is 5.91 Å². The van der Waals surface area contributed by atoms with Crippen LogP contribution >= 0.6 is 11.8 Å². The Morgan fingerprint density at radius 3 is 2.19 bits per heavy atom. The van der Waals surface area contributed by atoms with Gasteiger partial charge in [-0.25, -0.2) is 4.79 Å². The Balaban J connectivity index is 1.49. The van der Waals surface area contributed by atoms with Crippen molar-refractivity contribution in [3.63, 3.8) is 0 Å². The lowest BCUT2D eigenvalue weighted by molar-refractivity contribution is -0.116. The van der Waals surface area contributed by atoms with Gasteiger partial charge in [-0.3, -0.25) is 14.4 Å². The van der Waals surface area contributed by atoms with Crippen LogP contribution in [0, 0.1) is 6.92 Å². The number of benzene rings is 4. The van der Waals surface area contributed by atoms with Gasteiger partial charge in [-0.1, -0.05) is 67.6 Å². The first-order chi connectivity index (χ1) is 20.7. The van der Waals surface area contributed by atoms with E-state index < -0.39 is 23.0 Å². The van der Waals surface area contributed by atoms with E-state index in [-0.39, 0.29) is 17.2 Å². The maximum Gasteiger partial charge on any atom is 0.335 e. The fraction of sp³-hybridized carbons (Fsp3) is 0.118. The van der Waals surface area contributed by atoms with Crippen molar-refractivity contribution in [1.29, 1.82) is 0 Å². The molecule has 4 rings (SSSR count). The Morgan fingerprint density at radius 2 is 1.51 bits per heavy atom. The largest absolute Gasteiger partial charge is 0.478 e. The standard InChI is InChI=1S/C34H31N3O5S/c1-3-30(33(40)36-28-20-25(34(41)42)18-17-22(28)2)43-27-16-10-15-26(21-27)35-32(39)29(19-23-11-6-4-7-12-23)37-31(38)24-13-8-5-9-14-24/h4-21,30H,3H2,1-2H3,(H,35,39)(H,36,40)(H,37,38)(H,41,42)/b29-19-. The van der Waals surface area contributed by atoms with E-state index in [1.807, 2.05) is 43.3 Å². The normalized spacial score (nSPS) is 11.7. The molecule has 0 aliphatic heterocycles. The van der Waals surface area contributed by atoms with Crippen molar-refractivity contribution in [3.05, 3.63) is 131 Å². The van der Waals surface area contributed by atoms with Crippen LogP contribution in [-0.2, 0) is 9.59 Å². The minimum Gasteiger partial charge on any atom is -0.478 e. The second kappa shape index (κ2) is 14.7. The molecule has 4 aromatic rings. The number of amides is 3. The van der Waals surface area contributed by atoms with Crippen molar-refractivity contribution >= 4 is 52.9 Å². The third-order valence-corrected chi connectivity index (χ3v) is 7.77. The van der Waals surface area contributed by atoms with Crippen LogP contribution in [-0.4, -0.2) is 34.0 Å². The Bertz CT molecular complexity index is 1660. The average Bonchev–Trinajstić information content (AvgIpc) is 3.01. The Kier molecular flexibility index (Phi) is 10.5. The van der Waals surface area contributed by atoms with Crippen molar-refractivity contribution in [3.8, 4) is 0 Å². The Labute approximate surface area is 254 Å². The summed E-state index contributed by atoms with van der Waals surface area (Å²) in [4.78, 5) is 51.5. The highest BCUT2D eigenvalue weighted by molar-refractivity contribution is 8.00. The molecular formula is C34H31N3O5S. The second-order valence-corrected chi connectivity index (χ2v) is 10.9. The van der Waals surface area contributed by atoms with Crippen LogP contribution in [0.25, 0.3) is 6.08 Å². The summed E-state index contributed by atoms with van der Waals surface area (Å²) in [5.74, 6) is -2.25. The lowest BCUT2D eigenvalue weighted by Crippen LogP contribution is -2.30. The molecule has 0 aromatic heterocycles. The second-order valence-electron chi connectivity index (χ2n) is 9.61. The summed E-state index contributed by atoms with van der Waals surface area (Å²) in [6.45, 7) is 3.68. The molecule has 9 heteroatoms. The van der Waals surface area contributed by atoms with E-state index >= 15 is 0 Å². The van der Waals surface area contributed by atoms with E-state index in [2.05, 4.69) is 16.0 Å². The van der Waals surface area contributed by atoms with Crippen molar-refractivity contribution < 1.29 is 24.3 Å². The fourth-order valence-corrected chi connectivity index (χ4v) is 5.11. The summed E-state index contributed by atoms with van der Waals surface area (Å²) in [6.07, 6.45) is 2.12. The summed E-state index contributed by atoms with van der Waals surface area (Å²) in [7, 11) is 0. The summed E-state index contributed by atoms with van der Waals surface area (Å²) in [5, 5.41) is 17.3. The first-order valence-electron chi connectivity index (χ1n) is 13.6. The number of carboxylic acid groups (broad SMARTS) is 1. The number of hydrogen-bond donors (Lipinski definition) is 4. The van der Waals surface area contributed by atoms with E-state index in [9.17, 15) is 24.3 Å². The number of nitrogens with one attached hydrogen (secondary N) is 3. The van der Waals surface area contributed by atoms with Gasteiger partial charge in [0.15, 0.2) is 0 Å². The van der Waals surface area contributed by atoms with Gasteiger partial charge in [0.05, 0.1) is 10.8 Å². The number of aromatic carboxylic acids is 1. The molecule has 0 radical (unpaired) electrons. The summed E-state index contributed by atoms with van der Waals surface area (Å²) in [5.41, 5.74) is 3.01. The van der Waals surface area contributed by atoms with Crippen molar-refractivity contribution in [2.24, 2.45) is 0 Å². The molecule has 0 aliphatic carbocycles. The lowest BCUT2D eigenvalue weighted by atomic mass is 10.1. The van der Waals surface area contributed by atoms with Gasteiger partial charge in [-0.15, -0.1) is 11.8 Å². The number of carbonyl (C=O) groups excluding carboxylic acids is 3. The monoisotopic (exact) mass is 593 g/mol. The SMILES string of the molecule is CCC(Sc1cccc(NC(=O)/C(=C/c2ccccc2)NC(=O)c2ccccc2)c1)C(=O)Nc1cc(C(=O)O)ccc1C. The Hall–Kier alpha value is -5.15. The maximum absolute atomic E-state index is 13.4. The topological polar surface area (TPSA) is 125 Å². The van der Waals surface area contributed by atoms with E-state index in [1.165, 1.54) is 23.9 Å². The van der Waals surface area contributed by atoms with E-state index in [4.69, 9.17) is 0 Å². The van der Waals surface area contributed by atoms with Crippen LogP contribution in [0.15, 0.2) is 114 Å². The van der Waals surface area contributed by atoms with Gasteiger partial charge >= 0.3 is 5.97 Å². The molecule has 1 unspecified atom stereocenters. The van der Waals surface area contributed by atoms with Crippen LogP contribution in [0.3, 0.4) is 0 Å². The zero-order chi connectivity index (χ0) is 30.8. The first kappa shape index (κ1) is 30.8. The van der Waals surface area contributed by atoms with Gasteiger partial charge in [0.25, 0.3) is 11.8 Å². The van der Waals surface area contributed by atoms with Crippen molar-refractivity contribution in [2.75, 3.05) is 10.6 Å². The molecule has 0 fully saturated rings. The predicted octanol–water partition coefficient (Wildman–Crippen LogP) is 6.61. The number of carboxylic acids is 1. The molecule has 0 bridgehead atoms. The fourth-order valence-electron chi connectivity index (χ4n) is 4.09. The van der Waals surface area contributed by atoms with Gasteiger partial charge in [0.1, 0.15) is 5.70 Å². The van der Waals surface area contributed by atoms with E-state index in [0.29, 0.717) is 23.4 Å². The summed E-state index contributed by atoms with van der Waals surface area (Å²) in [6, 6.07) is 29.5. The minimum absolute atomic E-state index is 0.0721. The Morgan fingerprint density at radius 1 is 0.814 bits per heavy atom. The number of hydrogen-bond acceptors (Lipinski definition) is 5. The molecule has 0 spiro atoms. The summed E-state index contributed by atoms with van der Waals surface area (Å²) < 4.78 is 0. The van der Waals surface area contributed by atoms with Gasteiger partial charge in [-0.05, 0) is 73.0 Å². The molecule has 8 nitrogen and oxygen atoms in total. The van der Waals surface area contributed by atoms with Gasteiger partial charge < -0.3 is 21.1 Å². The predicted molar refractivity (Wildman–Crippen MR) is 170 cm³/mol. The van der Waals surface area contributed by atoms with Crippen LogP contribution in [0.1, 0.15) is 45.2 Å². The summed E-state index contributed by atoms with van der Waals surface area (Å²) >= 11 is 1.33. The highest BCUT2D eigenvalue weighted by Crippen LogP contribution is 2.29. The molecular weight excluding hydrogens is 562 g/mol. The van der Waals surface area contributed by atoms with Crippen molar-refractivity contribution in [1.82, 2.24) is 5.32 Å². The van der Waals surface area contributed by atoms with Crippen LogP contribution in [0.4, 0.5) is 11.4 Å². The number of anilines is 2. The quantitative estimate of drug-likeness (QED) is 0.115. The average molecular weight is 594 g/mol. The highest BCUT2D eigenvalue weighted by Gasteiger charge is 2.20. The molecule has 218 valence electrons. The zero-order valence-electron chi connectivity index (χ0n) is 23.7.